The Bertz CT molecular complexity index is 995. The largest absolute Gasteiger partial charge is 0.474 e. The lowest BCUT2D eigenvalue weighted by atomic mass is 9.93. The number of nitrogens with zero attached hydrogens (tertiary/aromatic N) is 3. The highest BCUT2D eigenvalue weighted by Gasteiger charge is 2.24. The van der Waals surface area contributed by atoms with Crippen LogP contribution in [0.5, 0.6) is 5.88 Å². The van der Waals surface area contributed by atoms with Gasteiger partial charge in [0.2, 0.25) is 11.8 Å². The molecule has 0 spiro atoms. The Hall–Kier alpha value is -3.33. The molecule has 0 unspecified atom stereocenters. The molecule has 1 fully saturated rings. The molecule has 4 rings (SSSR count). The summed E-state index contributed by atoms with van der Waals surface area (Å²) in [7, 11) is 0. The number of carbonyl (C=O) groups is 1. The lowest BCUT2D eigenvalue weighted by molar-refractivity contribution is -0.122. The first-order valence-electron chi connectivity index (χ1n) is 9.57. The van der Waals surface area contributed by atoms with Crippen molar-refractivity contribution in [3.05, 3.63) is 60.4 Å². The summed E-state index contributed by atoms with van der Waals surface area (Å²) in [6.45, 7) is 0.332. The Balaban J connectivity index is 1.26. The average Bonchev–Trinajstić information content (AvgIpc) is 3.13. The number of para-hydroxylation sites is 1. The highest BCUT2D eigenvalue weighted by Crippen LogP contribution is 2.23. The highest BCUT2D eigenvalue weighted by molar-refractivity contribution is 5.83. The number of benzene rings is 1. The first-order valence-corrected chi connectivity index (χ1v) is 9.57. The molecule has 0 saturated heterocycles. The van der Waals surface area contributed by atoms with E-state index in [9.17, 15) is 4.79 Å². The van der Waals surface area contributed by atoms with Gasteiger partial charge in [0.05, 0.1) is 5.56 Å². The Morgan fingerprint density at radius 2 is 2.00 bits per heavy atom. The fourth-order valence-electron chi connectivity index (χ4n) is 3.72. The van der Waals surface area contributed by atoms with Gasteiger partial charge in [-0.1, -0.05) is 18.2 Å². The molecule has 142 valence electrons. The molecule has 1 saturated carbocycles. The van der Waals surface area contributed by atoms with Crippen molar-refractivity contribution in [3.8, 4) is 11.9 Å². The van der Waals surface area contributed by atoms with Crippen molar-refractivity contribution in [2.24, 2.45) is 0 Å². The second-order valence-corrected chi connectivity index (χ2v) is 7.16. The van der Waals surface area contributed by atoms with Crippen LogP contribution in [-0.2, 0) is 11.3 Å². The summed E-state index contributed by atoms with van der Waals surface area (Å²) in [5, 5.41) is 13.1. The first-order chi connectivity index (χ1) is 13.7. The predicted molar refractivity (Wildman–Crippen MR) is 106 cm³/mol. The van der Waals surface area contributed by atoms with Gasteiger partial charge in [-0.3, -0.25) is 4.79 Å². The van der Waals surface area contributed by atoms with Crippen molar-refractivity contribution < 1.29 is 9.53 Å². The molecule has 1 aliphatic rings. The first kappa shape index (κ1) is 18.1. The molecule has 1 amide bonds. The molecular formula is C22H22N4O2. The van der Waals surface area contributed by atoms with Crippen LogP contribution in [0.2, 0.25) is 0 Å². The van der Waals surface area contributed by atoms with Gasteiger partial charge in [0.25, 0.3) is 0 Å². The summed E-state index contributed by atoms with van der Waals surface area (Å²) in [6.07, 6.45) is 7.10. The number of fused-ring (bicyclic) bond motifs is 1. The van der Waals surface area contributed by atoms with Crippen LogP contribution in [0.15, 0.2) is 54.9 Å². The summed E-state index contributed by atoms with van der Waals surface area (Å²) in [4.78, 5) is 16.6. The van der Waals surface area contributed by atoms with Gasteiger partial charge < -0.3 is 14.6 Å². The van der Waals surface area contributed by atoms with Gasteiger partial charge in [-0.2, -0.15) is 5.26 Å². The number of hydrogen-bond donors (Lipinski definition) is 1. The number of carbonyl (C=O) groups excluding carboxylic acids is 1. The molecule has 28 heavy (non-hydrogen) atoms. The quantitative estimate of drug-likeness (QED) is 0.742. The fourth-order valence-corrected chi connectivity index (χ4v) is 3.72. The fraction of sp³-hybridized carbons (Fsp3) is 0.318. The molecule has 0 aliphatic heterocycles. The third-order valence-electron chi connectivity index (χ3n) is 5.19. The minimum atomic E-state index is 0.0412. The van der Waals surface area contributed by atoms with Crippen molar-refractivity contribution in [3.63, 3.8) is 0 Å². The lowest BCUT2D eigenvalue weighted by Crippen LogP contribution is -2.41. The smallest absolute Gasteiger partial charge is 0.240 e. The summed E-state index contributed by atoms with van der Waals surface area (Å²) in [6, 6.07) is 15.8. The summed E-state index contributed by atoms with van der Waals surface area (Å²) in [5.74, 6) is 0.588. The van der Waals surface area contributed by atoms with Gasteiger partial charge in [0.15, 0.2) is 0 Å². The van der Waals surface area contributed by atoms with E-state index in [4.69, 9.17) is 10.00 Å². The van der Waals surface area contributed by atoms with Crippen molar-refractivity contribution in [1.29, 1.82) is 5.26 Å². The molecule has 3 aromatic rings. The normalized spacial score (nSPS) is 19.1. The molecule has 6 nitrogen and oxygen atoms in total. The molecule has 0 bridgehead atoms. The topological polar surface area (TPSA) is 79.9 Å². The lowest BCUT2D eigenvalue weighted by Gasteiger charge is -2.29. The number of pyridine rings is 1. The van der Waals surface area contributed by atoms with Gasteiger partial charge in [-0.05, 0) is 49.3 Å². The van der Waals surface area contributed by atoms with Crippen molar-refractivity contribution in [1.82, 2.24) is 14.9 Å². The summed E-state index contributed by atoms with van der Waals surface area (Å²) >= 11 is 0. The number of nitriles is 1. The molecular weight excluding hydrogens is 352 g/mol. The number of amides is 1. The maximum absolute atomic E-state index is 12.5. The molecule has 0 radical (unpaired) electrons. The van der Waals surface area contributed by atoms with E-state index in [-0.39, 0.29) is 18.1 Å². The number of ether oxygens (including phenoxy) is 1. The second kappa shape index (κ2) is 8.13. The van der Waals surface area contributed by atoms with E-state index in [2.05, 4.69) is 10.3 Å². The van der Waals surface area contributed by atoms with E-state index < -0.39 is 0 Å². The van der Waals surface area contributed by atoms with Crippen LogP contribution in [0.1, 0.15) is 31.2 Å². The molecule has 1 N–H and O–H groups in total. The minimum Gasteiger partial charge on any atom is -0.474 e. The zero-order valence-electron chi connectivity index (χ0n) is 15.5. The molecule has 1 aromatic carbocycles. The molecule has 2 aromatic heterocycles. The van der Waals surface area contributed by atoms with E-state index in [1.54, 1.807) is 12.1 Å². The Morgan fingerprint density at radius 1 is 1.18 bits per heavy atom. The van der Waals surface area contributed by atoms with E-state index in [1.165, 1.54) is 6.20 Å². The standard InChI is InChI=1S/C22H22N4O2/c23-13-16-5-10-22(24-14-16)28-19-8-6-18(7-9-19)25-21(27)15-26-12-11-17-3-1-2-4-20(17)26/h1-5,10-12,14,18-19H,6-9,15H2,(H,25,27). The van der Waals surface area contributed by atoms with Crippen molar-refractivity contribution >= 4 is 16.8 Å². The molecule has 6 heteroatoms. The minimum absolute atomic E-state index is 0.0412. The number of nitrogens with one attached hydrogen (secondary N) is 1. The number of aromatic nitrogens is 2. The predicted octanol–water partition coefficient (Wildman–Crippen LogP) is 3.41. The van der Waals surface area contributed by atoms with Crippen LogP contribution < -0.4 is 10.1 Å². The van der Waals surface area contributed by atoms with Gasteiger partial charge in [0.1, 0.15) is 18.7 Å². The Morgan fingerprint density at radius 3 is 2.75 bits per heavy atom. The van der Waals surface area contributed by atoms with Gasteiger partial charge in [-0.25, -0.2) is 4.98 Å². The molecule has 2 heterocycles. The average molecular weight is 374 g/mol. The van der Waals surface area contributed by atoms with E-state index in [0.29, 0.717) is 18.0 Å². The van der Waals surface area contributed by atoms with Crippen LogP contribution >= 0.6 is 0 Å². The maximum atomic E-state index is 12.5. The van der Waals surface area contributed by atoms with Crippen molar-refractivity contribution in [2.45, 2.75) is 44.4 Å². The second-order valence-electron chi connectivity index (χ2n) is 7.16. The summed E-state index contributed by atoms with van der Waals surface area (Å²) < 4.78 is 7.89. The number of rotatable bonds is 5. The number of hydrogen-bond acceptors (Lipinski definition) is 4. The van der Waals surface area contributed by atoms with Crippen LogP contribution in [0.3, 0.4) is 0 Å². The van der Waals surface area contributed by atoms with Gasteiger partial charge in [0, 0.05) is 30.0 Å². The highest BCUT2D eigenvalue weighted by atomic mass is 16.5. The SMILES string of the molecule is N#Cc1ccc(OC2CCC(NC(=O)Cn3ccc4ccccc43)CC2)nc1. The molecule has 1 aliphatic carbocycles. The third kappa shape index (κ3) is 4.15. The van der Waals surface area contributed by atoms with E-state index in [0.717, 1.165) is 36.6 Å². The third-order valence-corrected chi connectivity index (χ3v) is 5.19. The van der Waals surface area contributed by atoms with Gasteiger partial charge in [-0.15, -0.1) is 0 Å². The summed E-state index contributed by atoms with van der Waals surface area (Å²) in [5.41, 5.74) is 1.60. The van der Waals surface area contributed by atoms with Crippen LogP contribution in [0, 0.1) is 11.3 Å². The molecule has 0 atom stereocenters. The monoisotopic (exact) mass is 374 g/mol. The van der Waals surface area contributed by atoms with Crippen LogP contribution in [0.4, 0.5) is 0 Å². The van der Waals surface area contributed by atoms with Crippen LogP contribution in [0.25, 0.3) is 10.9 Å². The Labute approximate surface area is 163 Å². The Kier molecular flexibility index (Phi) is 5.24. The zero-order valence-corrected chi connectivity index (χ0v) is 15.5. The van der Waals surface area contributed by atoms with Crippen molar-refractivity contribution in [2.75, 3.05) is 0 Å². The van der Waals surface area contributed by atoms with Crippen LogP contribution in [-0.4, -0.2) is 27.6 Å². The van der Waals surface area contributed by atoms with E-state index in [1.807, 2.05) is 47.2 Å². The zero-order chi connectivity index (χ0) is 19.3. The van der Waals surface area contributed by atoms with E-state index >= 15 is 0 Å². The maximum Gasteiger partial charge on any atom is 0.240 e. The van der Waals surface area contributed by atoms with Gasteiger partial charge >= 0.3 is 0 Å².